The molecule has 1 aromatic carbocycles. The fraction of sp³-hybridized carbons (Fsp3) is 0.588. The second-order valence-corrected chi connectivity index (χ2v) is 6.98. The van der Waals surface area contributed by atoms with E-state index in [4.69, 9.17) is 0 Å². The first kappa shape index (κ1) is 18.1. The molecule has 0 radical (unpaired) electrons. The molecule has 1 N–H and O–H groups in total. The van der Waals surface area contributed by atoms with Gasteiger partial charge in [0.05, 0.1) is 11.1 Å². The molecule has 0 spiro atoms. The van der Waals surface area contributed by atoms with Gasteiger partial charge in [-0.2, -0.15) is 26.3 Å². The van der Waals surface area contributed by atoms with Crippen LogP contribution in [-0.4, -0.2) is 5.91 Å². The summed E-state index contributed by atoms with van der Waals surface area (Å²) in [5.74, 6) is 0.688. The number of benzene rings is 1. The number of nitrogens with one attached hydrogen (secondary N) is 1. The highest BCUT2D eigenvalue weighted by Gasteiger charge is 2.40. The van der Waals surface area contributed by atoms with E-state index >= 15 is 0 Å². The Balaban J connectivity index is 1.75. The number of anilines is 1. The van der Waals surface area contributed by atoms with Crippen LogP contribution >= 0.6 is 0 Å². The minimum Gasteiger partial charge on any atom is -0.326 e. The van der Waals surface area contributed by atoms with Crippen molar-refractivity contribution < 1.29 is 31.1 Å². The van der Waals surface area contributed by atoms with E-state index in [9.17, 15) is 31.1 Å². The van der Waals surface area contributed by atoms with Crippen molar-refractivity contribution in [3.8, 4) is 0 Å². The van der Waals surface area contributed by atoms with Crippen LogP contribution in [0.5, 0.6) is 0 Å². The zero-order valence-electron chi connectivity index (χ0n) is 13.2. The van der Waals surface area contributed by atoms with Crippen LogP contribution in [0.1, 0.15) is 43.2 Å². The van der Waals surface area contributed by atoms with Crippen molar-refractivity contribution in [3.63, 3.8) is 0 Å². The molecule has 0 aliphatic heterocycles. The van der Waals surface area contributed by atoms with E-state index in [0.29, 0.717) is 24.0 Å². The van der Waals surface area contributed by atoms with Gasteiger partial charge < -0.3 is 5.32 Å². The molecule has 2 saturated carbocycles. The zero-order chi connectivity index (χ0) is 18.4. The molecular formula is C17H17F6NO. The van der Waals surface area contributed by atoms with Crippen LogP contribution in [0.25, 0.3) is 0 Å². The fourth-order valence-corrected chi connectivity index (χ4v) is 4.10. The molecule has 138 valence electrons. The number of rotatable bonds is 3. The van der Waals surface area contributed by atoms with Gasteiger partial charge in [0.25, 0.3) is 0 Å². The van der Waals surface area contributed by atoms with Gasteiger partial charge in [0.1, 0.15) is 0 Å². The van der Waals surface area contributed by atoms with Crippen molar-refractivity contribution in [2.24, 2.45) is 17.8 Å². The molecule has 2 aliphatic rings. The van der Waals surface area contributed by atoms with Crippen LogP contribution < -0.4 is 5.32 Å². The molecule has 3 atom stereocenters. The van der Waals surface area contributed by atoms with Crippen LogP contribution in [-0.2, 0) is 17.1 Å². The molecule has 8 heteroatoms. The molecule has 2 nitrogen and oxygen atoms in total. The third-order valence-electron chi connectivity index (χ3n) is 5.20. The standard InChI is InChI=1S/C17H17F6NO/c18-16(19,20)12-6-13(17(21,22)23)8-14(7-12)24-15(25)5-11-4-9-1-2-10(11)3-9/h6-11H,1-5H2,(H,24,25)/t9-,10-,11+/m1/s1. The molecule has 0 heterocycles. The first-order valence-corrected chi connectivity index (χ1v) is 8.11. The summed E-state index contributed by atoms with van der Waals surface area (Å²) >= 11 is 0. The molecule has 0 unspecified atom stereocenters. The second-order valence-electron chi connectivity index (χ2n) is 6.98. The largest absolute Gasteiger partial charge is 0.416 e. The maximum Gasteiger partial charge on any atom is 0.416 e. The minimum absolute atomic E-state index is 0.0472. The molecule has 0 saturated heterocycles. The van der Waals surface area contributed by atoms with E-state index in [1.54, 1.807) is 0 Å². The Morgan fingerprint density at radius 2 is 1.56 bits per heavy atom. The number of carbonyl (C=O) groups excluding carboxylic acids is 1. The molecule has 0 aromatic heterocycles. The lowest BCUT2D eigenvalue weighted by molar-refractivity contribution is -0.143. The van der Waals surface area contributed by atoms with Gasteiger partial charge in [-0.3, -0.25) is 4.79 Å². The van der Waals surface area contributed by atoms with Crippen LogP contribution in [0.4, 0.5) is 32.0 Å². The van der Waals surface area contributed by atoms with E-state index in [1.807, 2.05) is 0 Å². The lowest BCUT2D eigenvalue weighted by atomic mass is 9.86. The highest BCUT2D eigenvalue weighted by Crippen LogP contribution is 2.49. The molecule has 2 aliphatic carbocycles. The van der Waals surface area contributed by atoms with Gasteiger partial charge in [-0.05, 0) is 55.2 Å². The van der Waals surface area contributed by atoms with Gasteiger partial charge in [0.15, 0.2) is 0 Å². The summed E-state index contributed by atoms with van der Waals surface area (Å²) < 4.78 is 76.9. The first-order chi connectivity index (χ1) is 11.5. The summed E-state index contributed by atoms with van der Waals surface area (Å²) in [6.07, 6.45) is -5.54. The zero-order valence-corrected chi connectivity index (χ0v) is 13.2. The lowest BCUT2D eigenvalue weighted by Gasteiger charge is -2.21. The van der Waals surface area contributed by atoms with Crippen LogP contribution in [0, 0.1) is 17.8 Å². The highest BCUT2D eigenvalue weighted by molar-refractivity contribution is 5.91. The van der Waals surface area contributed by atoms with Gasteiger partial charge in [-0.15, -0.1) is 0 Å². The predicted octanol–water partition coefficient (Wildman–Crippen LogP) is 5.49. The number of hydrogen-bond donors (Lipinski definition) is 1. The van der Waals surface area contributed by atoms with E-state index in [-0.39, 0.29) is 18.4 Å². The first-order valence-electron chi connectivity index (χ1n) is 8.11. The van der Waals surface area contributed by atoms with Gasteiger partial charge in [-0.25, -0.2) is 0 Å². The number of amides is 1. The third kappa shape index (κ3) is 4.10. The smallest absolute Gasteiger partial charge is 0.326 e. The normalized spacial score (nSPS) is 26.1. The number of carbonyl (C=O) groups is 1. The SMILES string of the molecule is O=C(C[C@@H]1C[C@@H]2CC[C@@H]1C2)Nc1cc(C(F)(F)F)cc(C(F)(F)F)c1. The van der Waals surface area contributed by atoms with Crippen LogP contribution in [0.3, 0.4) is 0 Å². The Morgan fingerprint density at radius 3 is 2.00 bits per heavy atom. The van der Waals surface area contributed by atoms with E-state index < -0.39 is 35.1 Å². The van der Waals surface area contributed by atoms with Gasteiger partial charge in [0.2, 0.25) is 5.91 Å². The number of hydrogen-bond acceptors (Lipinski definition) is 1. The van der Waals surface area contributed by atoms with Crippen molar-refractivity contribution in [1.82, 2.24) is 0 Å². The summed E-state index contributed by atoms with van der Waals surface area (Å²) in [5.41, 5.74) is -3.34. The summed E-state index contributed by atoms with van der Waals surface area (Å²) in [6.45, 7) is 0. The predicted molar refractivity (Wildman–Crippen MR) is 78.6 cm³/mol. The maximum absolute atomic E-state index is 12.8. The van der Waals surface area contributed by atoms with Crippen molar-refractivity contribution >= 4 is 11.6 Å². The molecule has 2 fully saturated rings. The average Bonchev–Trinajstić information content (AvgIpc) is 3.07. The molecule has 25 heavy (non-hydrogen) atoms. The second kappa shape index (κ2) is 6.21. The Morgan fingerprint density at radius 1 is 0.960 bits per heavy atom. The quantitative estimate of drug-likeness (QED) is 0.705. The van der Waals surface area contributed by atoms with Crippen molar-refractivity contribution in [3.05, 3.63) is 29.3 Å². The van der Waals surface area contributed by atoms with Crippen molar-refractivity contribution in [2.75, 3.05) is 5.32 Å². The van der Waals surface area contributed by atoms with E-state index in [2.05, 4.69) is 5.32 Å². The molecule has 3 rings (SSSR count). The van der Waals surface area contributed by atoms with Gasteiger partial charge in [-0.1, -0.05) is 6.42 Å². The summed E-state index contributed by atoms with van der Waals surface area (Å²) in [7, 11) is 0. The lowest BCUT2D eigenvalue weighted by Crippen LogP contribution is -2.21. The highest BCUT2D eigenvalue weighted by atomic mass is 19.4. The van der Waals surface area contributed by atoms with Crippen LogP contribution in [0.15, 0.2) is 18.2 Å². The summed E-state index contributed by atoms with van der Waals surface area (Å²) in [6, 6.07) is 1.12. The topological polar surface area (TPSA) is 29.1 Å². The van der Waals surface area contributed by atoms with Gasteiger partial charge in [0, 0.05) is 12.1 Å². The van der Waals surface area contributed by atoms with Crippen molar-refractivity contribution in [2.45, 2.75) is 44.5 Å². The fourth-order valence-electron chi connectivity index (χ4n) is 4.10. The third-order valence-corrected chi connectivity index (χ3v) is 5.20. The Hall–Kier alpha value is -1.73. The van der Waals surface area contributed by atoms with Crippen molar-refractivity contribution in [1.29, 1.82) is 0 Å². The van der Waals surface area contributed by atoms with Crippen LogP contribution in [0.2, 0.25) is 0 Å². The molecule has 1 amide bonds. The van der Waals surface area contributed by atoms with Gasteiger partial charge >= 0.3 is 12.4 Å². The maximum atomic E-state index is 12.8. The molecule has 1 aromatic rings. The molecular weight excluding hydrogens is 348 g/mol. The summed E-state index contributed by atoms with van der Waals surface area (Å²) in [5, 5.41) is 2.21. The number of alkyl halides is 6. The Bertz CT molecular complexity index is 634. The number of fused-ring (bicyclic) bond motifs is 2. The Kier molecular flexibility index (Phi) is 4.49. The summed E-state index contributed by atoms with van der Waals surface area (Å²) in [4.78, 5) is 12.1. The average molecular weight is 365 g/mol. The number of halogens is 6. The van der Waals surface area contributed by atoms with E-state index in [0.717, 1.165) is 25.7 Å². The minimum atomic E-state index is -4.93. The monoisotopic (exact) mass is 365 g/mol. The Labute approximate surface area is 140 Å². The van der Waals surface area contributed by atoms with E-state index in [1.165, 1.54) is 0 Å². The molecule has 2 bridgehead atoms.